The molecular weight excluding hydrogens is 182 g/mol. The first-order chi connectivity index (χ1) is 6.72. The molecule has 0 radical (unpaired) electrons. The number of benzene rings is 1. The van der Waals surface area contributed by atoms with Crippen molar-refractivity contribution in [3.05, 3.63) is 39.9 Å². The highest BCUT2D eigenvalue weighted by Gasteiger charge is 2.12. The molecule has 1 N–H and O–H groups in total. The second kappa shape index (κ2) is 2.85. The van der Waals surface area contributed by atoms with E-state index >= 15 is 0 Å². The molecule has 5 heteroatoms. The maximum absolute atomic E-state index is 10.5. The van der Waals surface area contributed by atoms with Crippen molar-refractivity contribution in [2.45, 2.75) is 0 Å². The van der Waals surface area contributed by atoms with Gasteiger partial charge in [0.05, 0.1) is 5.56 Å². The minimum atomic E-state index is -0.513. The van der Waals surface area contributed by atoms with E-state index in [1.165, 1.54) is 6.07 Å². The van der Waals surface area contributed by atoms with Crippen molar-refractivity contribution in [1.29, 1.82) is 5.26 Å². The summed E-state index contributed by atoms with van der Waals surface area (Å²) in [5, 5.41) is 19.9. The van der Waals surface area contributed by atoms with Crippen molar-refractivity contribution in [3.63, 3.8) is 0 Å². The summed E-state index contributed by atoms with van der Waals surface area (Å²) in [6.07, 6.45) is 0. The van der Waals surface area contributed by atoms with Gasteiger partial charge in [-0.05, 0) is 11.0 Å². The van der Waals surface area contributed by atoms with E-state index < -0.39 is 4.92 Å². The van der Waals surface area contributed by atoms with Crippen molar-refractivity contribution >= 4 is 16.7 Å². The molecule has 0 bridgehead atoms. The first-order valence-electron chi connectivity index (χ1n) is 3.88. The van der Waals surface area contributed by atoms with Gasteiger partial charge in [0.1, 0.15) is 6.07 Å². The predicted molar refractivity (Wildman–Crippen MR) is 49.7 cm³/mol. The average Bonchev–Trinajstić information content (AvgIpc) is 2.60. The number of hydrogen-bond acceptors (Lipinski definition) is 3. The molecule has 14 heavy (non-hydrogen) atoms. The van der Waals surface area contributed by atoms with Crippen LogP contribution in [0, 0.1) is 21.4 Å². The number of nitrogens with zero attached hydrogens (tertiary/aromatic N) is 2. The van der Waals surface area contributed by atoms with Crippen LogP contribution in [0.25, 0.3) is 10.9 Å². The number of para-hydroxylation sites is 1. The van der Waals surface area contributed by atoms with Gasteiger partial charge in [-0.15, -0.1) is 0 Å². The van der Waals surface area contributed by atoms with Crippen LogP contribution in [0.15, 0.2) is 24.3 Å². The van der Waals surface area contributed by atoms with Gasteiger partial charge < -0.3 is 10.1 Å². The fraction of sp³-hybridized carbons (Fsp3) is 0. The van der Waals surface area contributed by atoms with E-state index in [1.54, 1.807) is 18.2 Å². The lowest BCUT2D eigenvalue weighted by atomic mass is 10.2. The van der Waals surface area contributed by atoms with E-state index in [-0.39, 0.29) is 5.82 Å². The summed E-state index contributed by atoms with van der Waals surface area (Å²) in [5.41, 5.74) is 0.928. The smallest absolute Gasteiger partial charge is 0.321 e. The van der Waals surface area contributed by atoms with E-state index in [2.05, 4.69) is 4.98 Å². The Morgan fingerprint density at radius 3 is 2.93 bits per heavy atom. The van der Waals surface area contributed by atoms with Gasteiger partial charge in [-0.2, -0.15) is 5.26 Å². The number of hydrogen-bond donors (Lipinski definition) is 1. The number of nitrogens with one attached hydrogen (secondary N) is 1. The summed E-state index contributed by atoms with van der Waals surface area (Å²) in [4.78, 5) is 12.5. The molecule has 2 rings (SSSR count). The topological polar surface area (TPSA) is 82.7 Å². The third-order valence-corrected chi connectivity index (χ3v) is 1.96. The zero-order valence-electron chi connectivity index (χ0n) is 7.02. The average molecular weight is 187 g/mol. The third-order valence-electron chi connectivity index (χ3n) is 1.96. The number of rotatable bonds is 1. The molecule has 68 valence electrons. The van der Waals surface area contributed by atoms with Crippen LogP contribution >= 0.6 is 0 Å². The predicted octanol–water partition coefficient (Wildman–Crippen LogP) is 1.95. The molecule has 0 aliphatic heterocycles. The summed E-state index contributed by atoms with van der Waals surface area (Å²) in [5.74, 6) is -0.0947. The van der Waals surface area contributed by atoms with Gasteiger partial charge in [0.2, 0.25) is 0 Å². The van der Waals surface area contributed by atoms with E-state index in [1.807, 2.05) is 6.07 Å². The minimum Gasteiger partial charge on any atom is -0.358 e. The van der Waals surface area contributed by atoms with Gasteiger partial charge in [0.25, 0.3) is 0 Å². The molecule has 0 amide bonds. The molecule has 0 spiro atoms. The molecule has 0 saturated carbocycles. The third kappa shape index (κ3) is 1.10. The highest BCUT2D eigenvalue weighted by atomic mass is 16.6. The summed E-state index contributed by atoms with van der Waals surface area (Å²) >= 11 is 0. The number of aromatic amines is 1. The molecule has 0 fully saturated rings. The highest BCUT2D eigenvalue weighted by Crippen LogP contribution is 2.22. The molecule has 0 unspecified atom stereocenters. The summed E-state index contributed by atoms with van der Waals surface area (Å²) < 4.78 is 0. The highest BCUT2D eigenvalue weighted by molar-refractivity contribution is 5.87. The second-order valence-electron chi connectivity index (χ2n) is 2.79. The molecule has 0 saturated heterocycles. The molecule has 1 heterocycles. The Balaban J connectivity index is 2.78. The Hall–Kier alpha value is -2.35. The molecule has 1 aromatic carbocycles. The lowest BCUT2D eigenvalue weighted by Gasteiger charge is -1.87. The minimum absolute atomic E-state index is 0.0947. The Kier molecular flexibility index (Phi) is 1.68. The molecular formula is C9H5N3O2. The first-order valence-corrected chi connectivity index (χ1v) is 3.88. The zero-order chi connectivity index (χ0) is 10.1. The van der Waals surface area contributed by atoms with Crippen LogP contribution in [-0.2, 0) is 0 Å². The van der Waals surface area contributed by atoms with Crippen LogP contribution in [0.5, 0.6) is 0 Å². The standard InChI is InChI=1S/C9H5N3O2/c10-5-7-3-1-2-6-4-8(12(13)14)11-9(6)7/h1-4,11H. The SMILES string of the molecule is N#Cc1cccc2cc([N+](=O)[O-])[nH]c12. The molecule has 5 nitrogen and oxygen atoms in total. The van der Waals surface area contributed by atoms with E-state index in [0.717, 1.165) is 0 Å². The normalized spacial score (nSPS) is 9.93. The zero-order valence-corrected chi connectivity index (χ0v) is 7.02. The number of nitriles is 1. The quantitative estimate of drug-likeness (QED) is 0.547. The van der Waals surface area contributed by atoms with Gasteiger partial charge in [0.15, 0.2) is 5.52 Å². The van der Waals surface area contributed by atoms with Gasteiger partial charge in [-0.1, -0.05) is 12.1 Å². The molecule has 0 aliphatic rings. The largest absolute Gasteiger partial charge is 0.358 e. The van der Waals surface area contributed by atoms with Crippen molar-refractivity contribution in [2.75, 3.05) is 0 Å². The molecule has 2 aromatic rings. The van der Waals surface area contributed by atoms with E-state index in [0.29, 0.717) is 16.5 Å². The fourth-order valence-corrected chi connectivity index (χ4v) is 1.33. The summed E-state index contributed by atoms with van der Waals surface area (Å²) in [6.45, 7) is 0. The number of nitro groups is 1. The Morgan fingerprint density at radius 2 is 2.29 bits per heavy atom. The summed E-state index contributed by atoms with van der Waals surface area (Å²) in [7, 11) is 0. The van der Waals surface area contributed by atoms with Crippen molar-refractivity contribution < 1.29 is 4.92 Å². The fourth-order valence-electron chi connectivity index (χ4n) is 1.33. The monoisotopic (exact) mass is 187 g/mol. The molecule has 0 aliphatic carbocycles. The second-order valence-corrected chi connectivity index (χ2v) is 2.79. The Labute approximate surface area is 78.7 Å². The molecule has 1 aromatic heterocycles. The first kappa shape index (κ1) is 8.26. The van der Waals surface area contributed by atoms with E-state index in [9.17, 15) is 10.1 Å². The lowest BCUT2D eigenvalue weighted by Crippen LogP contribution is -1.86. The lowest BCUT2D eigenvalue weighted by molar-refractivity contribution is -0.389. The van der Waals surface area contributed by atoms with Crippen LogP contribution in [-0.4, -0.2) is 9.91 Å². The van der Waals surface area contributed by atoms with Crippen LogP contribution in [0.1, 0.15) is 5.56 Å². The van der Waals surface area contributed by atoms with Crippen LogP contribution in [0.2, 0.25) is 0 Å². The Bertz CT molecular complexity index is 551. The van der Waals surface area contributed by atoms with Gasteiger partial charge in [-0.25, -0.2) is 4.98 Å². The summed E-state index contributed by atoms with van der Waals surface area (Å²) in [6, 6.07) is 8.41. The number of H-pyrrole nitrogens is 1. The van der Waals surface area contributed by atoms with Gasteiger partial charge in [-0.3, -0.25) is 0 Å². The van der Waals surface area contributed by atoms with E-state index in [4.69, 9.17) is 5.26 Å². The van der Waals surface area contributed by atoms with Crippen molar-refractivity contribution in [1.82, 2.24) is 4.98 Å². The van der Waals surface area contributed by atoms with Crippen LogP contribution < -0.4 is 0 Å². The van der Waals surface area contributed by atoms with Gasteiger partial charge >= 0.3 is 5.82 Å². The van der Waals surface area contributed by atoms with Crippen LogP contribution in [0.4, 0.5) is 5.82 Å². The maximum Gasteiger partial charge on any atom is 0.321 e. The van der Waals surface area contributed by atoms with Gasteiger partial charge in [0, 0.05) is 11.5 Å². The van der Waals surface area contributed by atoms with Crippen molar-refractivity contribution in [2.24, 2.45) is 0 Å². The van der Waals surface area contributed by atoms with Crippen molar-refractivity contribution in [3.8, 4) is 6.07 Å². The molecule has 0 atom stereocenters. The maximum atomic E-state index is 10.5. The Morgan fingerprint density at radius 1 is 1.50 bits per heavy atom. The van der Waals surface area contributed by atoms with Crippen LogP contribution in [0.3, 0.4) is 0 Å². The number of aromatic nitrogens is 1. The number of fused-ring (bicyclic) bond motifs is 1.